The minimum Gasteiger partial charge on any atom is -0.482 e. The van der Waals surface area contributed by atoms with E-state index in [2.05, 4.69) is 4.98 Å². The summed E-state index contributed by atoms with van der Waals surface area (Å²) in [5.74, 6) is -0.796. The van der Waals surface area contributed by atoms with E-state index in [-0.39, 0.29) is 12.5 Å². The van der Waals surface area contributed by atoms with Gasteiger partial charge in [0.1, 0.15) is 11.4 Å². The van der Waals surface area contributed by atoms with Crippen molar-refractivity contribution in [3.63, 3.8) is 0 Å². The van der Waals surface area contributed by atoms with E-state index in [9.17, 15) is 9.59 Å². The zero-order valence-corrected chi connectivity index (χ0v) is 12.5. The summed E-state index contributed by atoms with van der Waals surface area (Å²) < 4.78 is 5.47. The minimum absolute atomic E-state index is 0.0969. The Hall–Kier alpha value is -2.37. The second-order valence-electron chi connectivity index (χ2n) is 4.36. The number of pyridine rings is 1. The highest BCUT2D eigenvalue weighted by Crippen LogP contribution is 2.18. The molecule has 0 unspecified atom stereocenters. The molecule has 0 radical (unpaired) electrons. The van der Waals surface area contributed by atoms with Gasteiger partial charge in [-0.15, -0.1) is 0 Å². The predicted molar refractivity (Wildman–Crippen MR) is 79.1 cm³/mol. The molecule has 1 aromatic rings. The summed E-state index contributed by atoms with van der Waals surface area (Å²) in [6, 6.07) is 3.43. The molecule has 6 nitrogen and oxygen atoms in total. The Kier molecular flexibility index (Phi) is 6.39. The van der Waals surface area contributed by atoms with Crippen LogP contribution >= 0.6 is 0 Å². The average Bonchev–Trinajstić information content (AvgIpc) is 2.45. The largest absolute Gasteiger partial charge is 0.482 e. The highest BCUT2D eigenvalue weighted by atomic mass is 16.5. The van der Waals surface area contributed by atoms with Crippen molar-refractivity contribution in [2.75, 3.05) is 19.7 Å². The Bertz CT molecular complexity index is 536. The van der Waals surface area contributed by atoms with Crippen molar-refractivity contribution in [1.29, 1.82) is 0 Å². The summed E-state index contributed by atoms with van der Waals surface area (Å²) in [7, 11) is 0. The first-order valence-corrected chi connectivity index (χ1v) is 6.77. The van der Waals surface area contributed by atoms with E-state index in [4.69, 9.17) is 9.84 Å². The summed E-state index contributed by atoms with van der Waals surface area (Å²) in [5, 5.41) is 8.67. The monoisotopic (exact) mass is 292 g/mol. The molecule has 0 aliphatic carbocycles. The van der Waals surface area contributed by atoms with Gasteiger partial charge in [-0.05, 0) is 39.0 Å². The van der Waals surface area contributed by atoms with E-state index in [1.54, 1.807) is 24.0 Å². The van der Waals surface area contributed by atoms with Crippen molar-refractivity contribution in [2.45, 2.75) is 20.8 Å². The summed E-state index contributed by atoms with van der Waals surface area (Å²) in [6.07, 6.45) is 2.34. The lowest BCUT2D eigenvalue weighted by Crippen LogP contribution is -2.34. The number of aliphatic carboxylic acids is 1. The third-order valence-electron chi connectivity index (χ3n) is 2.88. The number of likely N-dealkylation sites (N-methyl/N-ethyl adjacent to an activating group) is 1. The molecule has 0 fully saturated rings. The SMILES string of the molecule is CCN(CC)C(=O)COc1ccc(C)nc1C=CC(=O)O. The molecule has 1 aromatic heterocycles. The maximum absolute atomic E-state index is 11.9. The Morgan fingerprint density at radius 1 is 1.33 bits per heavy atom. The Balaban J connectivity index is 2.83. The molecule has 1 heterocycles. The number of carbonyl (C=O) groups excluding carboxylic acids is 1. The molecule has 0 saturated heterocycles. The molecule has 1 rings (SSSR count). The number of carboxylic acid groups (broad SMARTS) is 1. The number of nitrogens with zero attached hydrogens (tertiary/aromatic N) is 2. The fraction of sp³-hybridized carbons (Fsp3) is 0.400. The maximum atomic E-state index is 11.9. The quantitative estimate of drug-likeness (QED) is 0.774. The van der Waals surface area contributed by atoms with E-state index < -0.39 is 5.97 Å². The molecule has 0 bridgehead atoms. The number of aryl methyl sites for hydroxylation is 1. The zero-order chi connectivity index (χ0) is 15.8. The molecule has 1 N–H and O–H groups in total. The molecule has 0 spiro atoms. The Morgan fingerprint density at radius 2 is 2.00 bits per heavy atom. The van der Waals surface area contributed by atoms with Crippen molar-refractivity contribution in [2.24, 2.45) is 0 Å². The van der Waals surface area contributed by atoms with Crippen LogP contribution in [-0.4, -0.2) is 46.6 Å². The van der Waals surface area contributed by atoms with E-state index in [1.807, 2.05) is 13.8 Å². The minimum atomic E-state index is -1.07. The summed E-state index contributed by atoms with van der Waals surface area (Å²) in [5.41, 5.74) is 1.13. The summed E-state index contributed by atoms with van der Waals surface area (Å²) in [6.45, 7) is 6.74. The van der Waals surface area contributed by atoms with Gasteiger partial charge in [-0.2, -0.15) is 0 Å². The summed E-state index contributed by atoms with van der Waals surface area (Å²) >= 11 is 0. The number of carbonyl (C=O) groups is 2. The number of amides is 1. The van der Waals surface area contributed by atoms with Gasteiger partial charge < -0.3 is 14.7 Å². The molecule has 1 amide bonds. The van der Waals surface area contributed by atoms with Crippen molar-refractivity contribution in [1.82, 2.24) is 9.88 Å². The van der Waals surface area contributed by atoms with Gasteiger partial charge in [0.05, 0.1) is 0 Å². The first-order valence-electron chi connectivity index (χ1n) is 6.77. The third kappa shape index (κ3) is 5.25. The number of carboxylic acids is 1. The third-order valence-corrected chi connectivity index (χ3v) is 2.88. The normalized spacial score (nSPS) is 10.6. The van der Waals surface area contributed by atoms with Gasteiger partial charge in [-0.3, -0.25) is 4.79 Å². The molecule has 0 aliphatic rings. The van der Waals surface area contributed by atoms with Gasteiger partial charge in [0, 0.05) is 24.9 Å². The zero-order valence-electron chi connectivity index (χ0n) is 12.5. The molecule has 6 heteroatoms. The van der Waals surface area contributed by atoms with E-state index in [0.717, 1.165) is 11.8 Å². The molecular formula is C15H20N2O4. The Labute approximate surface area is 124 Å². The number of hydrogen-bond acceptors (Lipinski definition) is 4. The number of rotatable bonds is 7. The van der Waals surface area contributed by atoms with E-state index >= 15 is 0 Å². The van der Waals surface area contributed by atoms with Crippen molar-refractivity contribution in [3.05, 3.63) is 29.6 Å². The molecule has 0 aliphatic heterocycles. The van der Waals surface area contributed by atoms with Crippen LogP contribution < -0.4 is 4.74 Å². The maximum Gasteiger partial charge on any atom is 0.328 e. The lowest BCUT2D eigenvalue weighted by atomic mass is 10.2. The molecule has 0 atom stereocenters. The lowest BCUT2D eigenvalue weighted by Gasteiger charge is -2.19. The van der Waals surface area contributed by atoms with Crippen molar-refractivity contribution < 1.29 is 19.4 Å². The number of ether oxygens (including phenoxy) is 1. The van der Waals surface area contributed by atoms with Crippen LogP contribution in [0.5, 0.6) is 5.75 Å². The molecular weight excluding hydrogens is 272 g/mol. The van der Waals surface area contributed by atoms with Crippen LogP contribution in [0.2, 0.25) is 0 Å². The van der Waals surface area contributed by atoms with Crippen LogP contribution in [0, 0.1) is 6.92 Å². The second-order valence-corrected chi connectivity index (χ2v) is 4.36. The standard InChI is InChI=1S/C15H20N2O4/c1-4-17(5-2)14(18)10-21-13-8-6-11(3)16-12(13)7-9-15(19)20/h6-9H,4-5,10H2,1-3H3,(H,19,20). The first-order chi connectivity index (χ1) is 9.97. The number of aromatic nitrogens is 1. The van der Waals surface area contributed by atoms with Crippen molar-refractivity contribution >= 4 is 18.0 Å². The van der Waals surface area contributed by atoms with Gasteiger partial charge in [0.2, 0.25) is 0 Å². The molecule has 0 aromatic carbocycles. The van der Waals surface area contributed by atoms with Crippen LogP contribution in [0.4, 0.5) is 0 Å². The number of hydrogen-bond donors (Lipinski definition) is 1. The smallest absolute Gasteiger partial charge is 0.328 e. The Morgan fingerprint density at radius 3 is 2.57 bits per heavy atom. The van der Waals surface area contributed by atoms with Crippen LogP contribution in [0.25, 0.3) is 6.08 Å². The van der Waals surface area contributed by atoms with Crippen LogP contribution in [-0.2, 0) is 9.59 Å². The van der Waals surface area contributed by atoms with E-state index in [1.165, 1.54) is 6.08 Å². The second kappa shape index (κ2) is 8.04. The topological polar surface area (TPSA) is 79.7 Å². The van der Waals surface area contributed by atoms with Gasteiger partial charge >= 0.3 is 5.97 Å². The van der Waals surface area contributed by atoms with Gasteiger partial charge in [0.25, 0.3) is 5.91 Å². The predicted octanol–water partition coefficient (Wildman–Crippen LogP) is 1.74. The lowest BCUT2D eigenvalue weighted by molar-refractivity contribution is -0.133. The van der Waals surface area contributed by atoms with Crippen LogP contribution in [0.1, 0.15) is 25.2 Å². The fourth-order valence-electron chi connectivity index (χ4n) is 1.76. The summed E-state index contributed by atoms with van der Waals surface area (Å²) in [4.78, 5) is 28.3. The van der Waals surface area contributed by atoms with Gasteiger partial charge in [0.15, 0.2) is 6.61 Å². The van der Waals surface area contributed by atoms with Crippen LogP contribution in [0.15, 0.2) is 18.2 Å². The average molecular weight is 292 g/mol. The highest BCUT2D eigenvalue weighted by molar-refractivity contribution is 5.85. The van der Waals surface area contributed by atoms with E-state index in [0.29, 0.717) is 24.5 Å². The molecule has 0 saturated carbocycles. The molecule has 114 valence electrons. The van der Waals surface area contributed by atoms with Crippen molar-refractivity contribution in [3.8, 4) is 5.75 Å². The first kappa shape index (κ1) is 16.7. The fourth-order valence-corrected chi connectivity index (χ4v) is 1.76. The highest BCUT2D eigenvalue weighted by Gasteiger charge is 2.12. The van der Waals surface area contributed by atoms with Gasteiger partial charge in [-0.1, -0.05) is 0 Å². The van der Waals surface area contributed by atoms with Crippen LogP contribution in [0.3, 0.4) is 0 Å². The molecule has 21 heavy (non-hydrogen) atoms. The van der Waals surface area contributed by atoms with Gasteiger partial charge in [-0.25, -0.2) is 9.78 Å².